The zero-order chi connectivity index (χ0) is 13.1. The Labute approximate surface area is 121 Å². The topological polar surface area (TPSA) is 15.3 Å². The van der Waals surface area contributed by atoms with E-state index in [-0.39, 0.29) is 0 Å². The largest absolute Gasteiger partial charge is 0.370 e. The maximum absolute atomic E-state index is 3.77. The van der Waals surface area contributed by atoms with E-state index in [2.05, 4.69) is 40.7 Å². The second kappa shape index (κ2) is 6.19. The van der Waals surface area contributed by atoms with Gasteiger partial charge in [0.15, 0.2) is 0 Å². The minimum Gasteiger partial charge on any atom is -0.370 e. The molecule has 1 fully saturated rings. The third-order valence-corrected chi connectivity index (χ3v) is 4.97. The van der Waals surface area contributed by atoms with Gasteiger partial charge in [0, 0.05) is 31.4 Å². The lowest BCUT2D eigenvalue weighted by molar-refractivity contribution is 0.467. The summed E-state index contributed by atoms with van der Waals surface area (Å²) < 4.78 is 0. The van der Waals surface area contributed by atoms with Crippen LogP contribution in [0.3, 0.4) is 0 Å². The number of hydrogen-bond acceptors (Lipinski definition) is 3. The molecule has 1 atom stereocenters. The maximum atomic E-state index is 3.77. The molecule has 1 aliphatic heterocycles. The number of anilines is 1. The Morgan fingerprint density at radius 2 is 2.16 bits per heavy atom. The third-order valence-electron chi connectivity index (χ3n) is 4.27. The Balaban J connectivity index is 1.75. The molecule has 1 aromatic carbocycles. The van der Waals surface area contributed by atoms with Crippen LogP contribution in [0.5, 0.6) is 0 Å². The van der Waals surface area contributed by atoms with Gasteiger partial charge in [0.25, 0.3) is 0 Å². The van der Waals surface area contributed by atoms with Crippen LogP contribution in [0.4, 0.5) is 5.69 Å². The first-order chi connectivity index (χ1) is 9.38. The molecule has 104 valence electrons. The highest BCUT2D eigenvalue weighted by Gasteiger charge is 2.33. The quantitative estimate of drug-likeness (QED) is 0.832. The van der Waals surface area contributed by atoms with Crippen LogP contribution in [0.2, 0.25) is 0 Å². The highest BCUT2D eigenvalue weighted by atomic mass is 32.2. The van der Waals surface area contributed by atoms with Gasteiger partial charge < -0.3 is 10.2 Å². The minimum atomic E-state index is 0.696. The Kier molecular flexibility index (Phi) is 4.34. The Morgan fingerprint density at radius 1 is 1.32 bits per heavy atom. The van der Waals surface area contributed by atoms with Gasteiger partial charge in [-0.3, -0.25) is 0 Å². The molecule has 0 radical (unpaired) electrons. The molecule has 0 bridgehead atoms. The molecular formula is C16H24N2S. The number of rotatable bonds is 5. The van der Waals surface area contributed by atoms with Crippen LogP contribution >= 0.6 is 11.8 Å². The highest BCUT2D eigenvalue weighted by Crippen LogP contribution is 2.35. The van der Waals surface area contributed by atoms with Crippen LogP contribution in [0.25, 0.3) is 0 Å². The molecular weight excluding hydrogens is 252 g/mol. The maximum Gasteiger partial charge on any atom is 0.0412 e. The van der Waals surface area contributed by atoms with Gasteiger partial charge in [0.1, 0.15) is 0 Å². The lowest BCUT2D eigenvalue weighted by atomic mass is 10.1. The molecule has 19 heavy (non-hydrogen) atoms. The van der Waals surface area contributed by atoms with Gasteiger partial charge in [-0.05, 0) is 48.8 Å². The normalized spacial score (nSPS) is 23.0. The predicted octanol–water partition coefficient (Wildman–Crippen LogP) is 3.13. The highest BCUT2D eigenvalue weighted by molar-refractivity contribution is 7.98. The van der Waals surface area contributed by atoms with E-state index < -0.39 is 0 Å². The van der Waals surface area contributed by atoms with Gasteiger partial charge >= 0.3 is 0 Å². The van der Waals surface area contributed by atoms with Gasteiger partial charge in [0.05, 0.1) is 0 Å². The summed E-state index contributed by atoms with van der Waals surface area (Å²) in [4.78, 5) is 2.62. The zero-order valence-electron chi connectivity index (χ0n) is 11.8. The van der Waals surface area contributed by atoms with Crippen LogP contribution in [0, 0.1) is 5.92 Å². The Morgan fingerprint density at radius 3 is 2.95 bits per heavy atom. The summed E-state index contributed by atoms with van der Waals surface area (Å²) in [7, 11) is 0. The van der Waals surface area contributed by atoms with Gasteiger partial charge in [-0.25, -0.2) is 0 Å². The summed E-state index contributed by atoms with van der Waals surface area (Å²) in [6.45, 7) is 3.43. The lowest BCUT2D eigenvalue weighted by Crippen LogP contribution is -2.40. The van der Waals surface area contributed by atoms with Crippen molar-refractivity contribution in [1.82, 2.24) is 5.32 Å². The van der Waals surface area contributed by atoms with Crippen molar-refractivity contribution >= 4 is 17.4 Å². The molecule has 3 rings (SSSR count). The number of fused-ring (bicyclic) bond motifs is 1. The van der Waals surface area contributed by atoms with Crippen molar-refractivity contribution in [3.05, 3.63) is 29.8 Å². The smallest absolute Gasteiger partial charge is 0.0412 e. The lowest BCUT2D eigenvalue weighted by Gasteiger charge is -2.27. The summed E-state index contributed by atoms with van der Waals surface area (Å²) >= 11 is 1.95. The summed E-state index contributed by atoms with van der Waals surface area (Å²) in [6, 6.07) is 9.61. The second-order valence-corrected chi connectivity index (χ2v) is 6.73. The van der Waals surface area contributed by atoms with E-state index in [0.717, 1.165) is 12.5 Å². The number of para-hydroxylation sites is 1. The SMILES string of the molecule is CSCCCN1CC(C2CC2)NCc2ccccc21. The molecule has 2 aliphatic rings. The monoisotopic (exact) mass is 276 g/mol. The number of nitrogens with zero attached hydrogens (tertiary/aromatic N) is 1. The van der Waals surface area contributed by atoms with Crippen molar-refractivity contribution in [2.24, 2.45) is 5.92 Å². The fourth-order valence-corrected chi connectivity index (χ4v) is 3.45. The Hall–Kier alpha value is -0.670. The van der Waals surface area contributed by atoms with E-state index in [0.29, 0.717) is 6.04 Å². The van der Waals surface area contributed by atoms with Crippen molar-refractivity contribution in [3.63, 3.8) is 0 Å². The van der Waals surface area contributed by atoms with E-state index in [1.165, 1.54) is 49.4 Å². The van der Waals surface area contributed by atoms with E-state index in [1.54, 1.807) is 0 Å². The molecule has 1 aromatic rings. The molecule has 1 heterocycles. The second-order valence-electron chi connectivity index (χ2n) is 5.75. The Bertz CT molecular complexity index is 417. The summed E-state index contributed by atoms with van der Waals surface area (Å²) in [5.74, 6) is 2.19. The average molecular weight is 276 g/mol. The van der Waals surface area contributed by atoms with Gasteiger partial charge in [-0.2, -0.15) is 11.8 Å². The van der Waals surface area contributed by atoms with Crippen LogP contribution in [0.15, 0.2) is 24.3 Å². The van der Waals surface area contributed by atoms with Crippen molar-refractivity contribution in [1.29, 1.82) is 0 Å². The standard InChI is InChI=1S/C16H24N2S/c1-19-10-4-9-18-12-15(13-7-8-13)17-11-14-5-2-3-6-16(14)18/h2-3,5-6,13,15,17H,4,7-12H2,1H3. The first-order valence-corrected chi connectivity index (χ1v) is 8.83. The van der Waals surface area contributed by atoms with Crippen LogP contribution < -0.4 is 10.2 Å². The van der Waals surface area contributed by atoms with E-state index in [4.69, 9.17) is 0 Å². The summed E-state index contributed by atoms with van der Waals surface area (Å²) in [5.41, 5.74) is 2.93. The van der Waals surface area contributed by atoms with E-state index >= 15 is 0 Å². The zero-order valence-corrected chi connectivity index (χ0v) is 12.6. The predicted molar refractivity (Wildman–Crippen MR) is 85.0 cm³/mol. The molecule has 1 aliphatic carbocycles. The number of benzene rings is 1. The minimum absolute atomic E-state index is 0.696. The van der Waals surface area contributed by atoms with Gasteiger partial charge in [-0.15, -0.1) is 0 Å². The first-order valence-electron chi connectivity index (χ1n) is 7.43. The van der Waals surface area contributed by atoms with Crippen LogP contribution in [-0.2, 0) is 6.54 Å². The fraction of sp³-hybridized carbons (Fsp3) is 0.625. The molecule has 2 nitrogen and oxygen atoms in total. The van der Waals surface area contributed by atoms with Crippen molar-refractivity contribution in [2.75, 3.05) is 30.0 Å². The van der Waals surface area contributed by atoms with E-state index in [1.807, 2.05) is 11.8 Å². The first kappa shape index (κ1) is 13.3. The molecule has 0 aromatic heterocycles. The van der Waals surface area contributed by atoms with Crippen molar-refractivity contribution in [3.8, 4) is 0 Å². The molecule has 1 unspecified atom stereocenters. The number of hydrogen-bond donors (Lipinski definition) is 1. The van der Waals surface area contributed by atoms with Crippen molar-refractivity contribution < 1.29 is 0 Å². The molecule has 0 spiro atoms. The summed E-state index contributed by atoms with van der Waals surface area (Å²) in [6.07, 6.45) is 6.33. The fourth-order valence-electron chi connectivity index (χ4n) is 3.04. The molecule has 0 saturated heterocycles. The van der Waals surface area contributed by atoms with Crippen LogP contribution in [-0.4, -0.2) is 31.1 Å². The van der Waals surface area contributed by atoms with Gasteiger partial charge in [0.2, 0.25) is 0 Å². The third kappa shape index (κ3) is 3.26. The number of thioether (sulfide) groups is 1. The van der Waals surface area contributed by atoms with E-state index in [9.17, 15) is 0 Å². The summed E-state index contributed by atoms with van der Waals surface area (Å²) in [5, 5.41) is 3.77. The molecule has 0 amide bonds. The van der Waals surface area contributed by atoms with Gasteiger partial charge in [-0.1, -0.05) is 18.2 Å². The molecule has 3 heteroatoms. The van der Waals surface area contributed by atoms with Crippen LogP contribution in [0.1, 0.15) is 24.8 Å². The molecule has 1 N–H and O–H groups in total. The molecule has 1 saturated carbocycles. The average Bonchev–Trinajstić information content (AvgIpc) is 3.26. The number of nitrogens with one attached hydrogen (secondary N) is 1. The van der Waals surface area contributed by atoms with Crippen molar-refractivity contribution in [2.45, 2.75) is 31.8 Å².